The highest BCUT2D eigenvalue weighted by atomic mass is 19.1. The first-order valence-electron chi connectivity index (χ1n) is 6.44. The Labute approximate surface area is 107 Å². The average Bonchev–Trinajstić information content (AvgIpc) is 2.86. The summed E-state index contributed by atoms with van der Waals surface area (Å²) in [6.07, 6.45) is 4.80. The number of halogens is 1. The normalized spacial score (nSPS) is 17.7. The Kier molecular flexibility index (Phi) is 3.84. The molecule has 0 saturated heterocycles. The van der Waals surface area contributed by atoms with Crippen molar-refractivity contribution >= 4 is 11.6 Å². The summed E-state index contributed by atoms with van der Waals surface area (Å²) >= 11 is 0. The first-order chi connectivity index (χ1) is 8.58. The molecule has 1 aliphatic carbocycles. The van der Waals surface area contributed by atoms with Crippen molar-refractivity contribution in [1.29, 1.82) is 0 Å². The van der Waals surface area contributed by atoms with E-state index in [1.807, 2.05) is 6.92 Å². The molecule has 0 spiro atoms. The minimum absolute atomic E-state index is 0.0652. The number of nitrogen functional groups attached to an aromatic ring is 1. The van der Waals surface area contributed by atoms with Gasteiger partial charge in [-0.3, -0.25) is 4.79 Å². The van der Waals surface area contributed by atoms with Crippen LogP contribution in [0.1, 0.15) is 43.0 Å². The minimum Gasteiger partial charge on any atom is -0.396 e. The van der Waals surface area contributed by atoms with Crippen molar-refractivity contribution in [2.75, 3.05) is 5.73 Å². The van der Waals surface area contributed by atoms with Crippen LogP contribution in [0.4, 0.5) is 10.1 Å². The van der Waals surface area contributed by atoms with Gasteiger partial charge in [-0.25, -0.2) is 4.39 Å². The molecule has 0 aliphatic heterocycles. The molecule has 1 aromatic carbocycles. The number of amides is 1. The molecule has 3 N–H and O–H groups in total. The number of rotatable bonds is 3. The van der Waals surface area contributed by atoms with Crippen LogP contribution in [0.2, 0.25) is 0 Å². The Hall–Kier alpha value is -1.58. The van der Waals surface area contributed by atoms with Crippen LogP contribution >= 0.6 is 0 Å². The first-order valence-corrected chi connectivity index (χ1v) is 6.44. The fourth-order valence-electron chi connectivity index (χ4n) is 2.53. The maximum atomic E-state index is 13.3. The topological polar surface area (TPSA) is 55.1 Å². The van der Waals surface area contributed by atoms with Gasteiger partial charge in [-0.15, -0.1) is 0 Å². The summed E-state index contributed by atoms with van der Waals surface area (Å²) in [7, 11) is 0. The number of carbonyl (C=O) groups is 1. The van der Waals surface area contributed by atoms with Gasteiger partial charge in [-0.2, -0.15) is 0 Å². The highest BCUT2D eigenvalue weighted by Crippen LogP contribution is 2.27. The van der Waals surface area contributed by atoms with Gasteiger partial charge in [0.05, 0.1) is 5.69 Å². The summed E-state index contributed by atoms with van der Waals surface area (Å²) < 4.78 is 13.3. The number of carbonyl (C=O) groups excluding carboxylic acids is 1. The third-order valence-corrected chi connectivity index (χ3v) is 3.73. The molecule has 0 aromatic heterocycles. The van der Waals surface area contributed by atoms with E-state index in [0.717, 1.165) is 12.8 Å². The average molecular weight is 250 g/mol. The van der Waals surface area contributed by atoms with Gasteiger partial charge in [0.25, 0.3) is 5.91 Å². The Bertz CT molecular complexity index is 441. The maximum Gasteiger partial charge on any atom is 0.251 e. The van der Waals surface area contributed by atoms with Gasteiger partial charge in [0.1, 0.15) is 5.82 Å². The highest BCUT2D eigenvalue weighted by Gasteiger charge is 2.23. The summed E-state index contributed by atoms with van der Waals surface area (Å²) in [5.41, 5.74) is 5.77. The van der Waals surface area contributed by atoms with Crippen LogP contribution in [0.15, 0.2) is 18.2 Å². The van der Waals surface area contributed by atoms with Crippen molar-refractivity contribution in [1.82, 2.24) is 5.32 Å². The SMILES string of the molecule is C[C@H](NC(=O)c1ccc(N)c(F)c1)C1CCCC1. The second-order valence-electron chi connectivity index (χ2n) is 5.04. The van der Waals surface area contributed by atoms with E-state index in [-0.39, 0.29) is 17.6 Å². The summed E-state index contributed by atoms with van der Waals surface area (Å²) in [5, 5.41) is 2.94. The number of nitrogens with one attached hydrogen (secondary N) is 1. The summed E-state index contributed by atoms with van der Waals surface area (Å²) in [6, 6.07) is 4.30. The summed E-state index contributed by atoms with van der Waals surface area (Å²) in [6.45, 7) is 2.02. The molecule has 0 radical (unpaired) electrons. The largest absolute Gasteiger partial charge is 0.396 e. The number of anilines is 1. The molecule has 3 nitrogen and oxygen atoms in total. The monoisotopic (exact) mass is 250 g/mol. The van der Waals surface area contributed by atoms with E-state index in [1.54, 1.807) is 6.07 Å². The molecule has 1 atom stereocenters. The molecule has 1 fully saturated rings. The van der Waals surface area contributed by atoms with Gasteiger partial charge in [0, 0.05) is 11.6 Å². The van der Waals surface area contributed by atoms with Crippen LogP contribution < -0.4 is 11.1 Å². The Morgan fingerprint density at radius 1 is 1.44 bits per heavy atom. The molecule has 1 amide bonds. The van der Waals surface area contributed by atoms with Gasteiger partial charge in [0.2, 0.25) is 0 Å². The molecule has 1 aliphatic rings. The predicted molar refractivity (Wildman–Crippen MR) is 69.7 cm³/mol. The molecule has 1 aromatic rings. The van der Waals surface area contributed by atoms with Crippen molar-refractivity contribution in [3.63, 3.8) is 0 Å². The standard InChI is InChI=1S/C14H19FN2O/c1-9(10-4-2-3-5-10)17-14(18)11-6-7-13(16)12(15)8-11/h6-10H,2-5,16H2,1H3,(H,17,18)/t9-/m0/s1. The Morgan fingerprint density at radius 3 is 2.72 bits per heavy atom. The van der Waals surface area contributed by atoms with Gasteiger partial charge in [-0.1, -0.05) is 12.8 Å². The fraction of sp³-hybridized carbons (Fsp3) is 0.500. The van der Waals surface area contributed by atoms with Gasteiger partial charge in [-0.05, 0) is 43.9 Å². The van der Waals surface area contributed by atoms with Crippen LogP contribution in [-0.4, -0.2) is 11.9 Å². The second kappa shape index (κ2) is 5.38. The van der Waals surface area contributed by atoms with Gasteiger partial charge in [0.15, 0.2) is 0 Å². The van der Waals surface area contributed by atoms with Crippen LogP contribution in [0.3, 0.4) is 0 Å². The van der Waals surface area contributed by atoms with E-state index in [9.17, 15) is 9.18 Å². The van der Waals surface area contributed by atoms with E-state index >= 15 is 0 Å². The third kappa shape index (κ3) is 2.81. The van der Waals surface area contributed by atoms with Crippen LogP contribution in [0.5, 0.6) is 0 Å². The third-order valence-electron chi connectivity index (χ3n) is 3.73. The Morgan fingerprint density at radius 2 is 2.11 bits per heavy atom. The molecule has 2 rings (SSSR count). The summed E-state index contributed by atoms with van der Waals surface area (Å²) in [4.78, 5) is 12.0. The maximum absolute atomic E-state index is 13.3. The number of benzene rings is 1. The van der Waals surface area contributed by atoms with E-state index in [2.05, 4.69) is 5.32 Å². The smallest absolute Gasteiger partial charge is 0.251 e. The highest BCUT2D eigenvalue weighted by molar-refractivity contribution is 5.94. The lowest BCUT2D eigenvalue weighted by atomic mass is 9.99. The zero-order chi connectivity index (χ0) is 13.1. The van der Waals surface area contributed by atoms with E-state index < -0.39 is 5.82 Å². The lowest BCUT2D eigenvalue weighted by molar-refractivity contribution is 0.0927. The van der Waals surface area contributed by atoms with Crippen molar-refractivity contribution in [2.24, 2.45) is 5.92 Å². The molecular formula is C14H19FN2O. The van der Waals surface area contributed by atoms with Crippen molar-refractivity contribution in [2.45, 2.75) is 38.6 Å². The summed E-state index contributed by atoms with van der Waals surface area (Å²) in [5.74, 6) is -0.225. The molecule has 0 bridgehead atoms. The molecular weight excluding hydrogens is 231 g/mol. The van der Waals surface area contributed by atoms with Crippen molar-refractivity contribution in [3.05, 3.63) is 29.6 Å². The minimum atomic E-state index is -0.545. The van der Waals surface area contributed by atoms with Gasteiger partial charge < -0.3 is 11.1 Å². The first kappa shape index (κ1) is 12.9. The lowest BCUT2D eigenvalue weighted by Crippen LogP contribution is -2.37. The van der Waals surface area contributed by atoms with Crippen LogP contribution in [0, 0.1) is 11.7 Å². The van der Waals surface area contributed by atoms with Crippen molar-refractivity contribution < 1.29 is 9.18 Å². The van der Waals surface area contributed by atoms with E-state index in [1.165, 1.54) is 25.0 Å². The second-order valence-corrected chi connectivity index (χ2v) is 5.04. The van der Waals surface area contributed by atoms with Gasteiger partial charge >= 0.3 is 0 Å². The lowest BCUT2D eigenvalue weighted by Gasteiger charge is -2.20. The quantitative estimate of drug-likeness (QED) is 0.810. The zero-order valence-electron chi connectivity index (χ0n) is 10.6. The molecule has 0 heterocycles. The molecule has 4 heteroatoms. The Balaban J connectivity index is 2.00. The number of hydrogen-bond donors (Lipinski definition) is 2. The van der Waals surface area contributed by atoms with Crippen molar-refractivity contribution in [3.8, 4) is 0 Å². The van der Waals surface area contributed by atoms with E-state index in [4.69, 9.17) is 5.73 Å². The van der Waals surface area contributed by atoms with Crippen LogP contribution in [-0.2, 0) is 0 Å². The molecule has 0 unspecified atom stereocenters. The zero-order valence-corrected chi connectivity index (χ0v) is 10.6. The van der Waals surface area contributed by atoms with E-state index in [0.29, 0.717) is 11.5 Å². The molecule has 1 saturated carbocycles. The fourth-order valence-corrected chi connectivity index (χ4v) is 2.53. The molecule has 18 heavy (non-hydrogen) atoms. The predicted octanol–water partition coefficient (Wildman–Crippen LogP) is 2.72. The number of nitrogens with two attached hydrogens (primary N) is 1. The molecule has 98 valence electrons. The van der Waals surface area contributed by atoms with Crippen LogP contribution in [0.25, 0.3) is 0 Å². The number of hydrogen-bond acceptors (Lipinski definition) is 2.